The highest BCUT2D eigenvalue weighted by Crippen LogP contribution is 2.23. The monoisotopic (exact) mass is 246 g/mol. The van der Waals surface area contributed by atoms with Gasteiger partial charge in [-0.05, 0) is 51.6 Å². The van der Waals surface area contributed by atoms with E-state index < -0.39 is 5.41 Å². The first-order chi connectivity index (χ1) is 7.33. The van der Waals surface area contributed by atoms with E-state index in [2.05, 4.69) is 23.9 Å². The van der Waals surface area contributed by atoms with Gasteiger partial charge in [0.15, 0.2) is 0 Å². The van der Waals surface area contributed by atoms with Gasteiger partial charge in [-0.2, -0.15) is 0 Å². The molecule has 0 N–H and O–H groups in total. The highest BCUT2D eigenvalue weighted by Gasteiger charge is 2.30. The average Bonchev–Trinajstić information content (AvgIpc) is 2.17. The smallest absolute Gasteiger partial charge is 0.228 e. The van der Waals surface area contributed by atoms with E-state index in [9.17, 15) is 4.79 Å². The van der Waals surface area contributed by atoms with Crippen molar-refractivity contribution in [1.82, 2.24) is 9.80 Å². The fourth-order valence-corrected chi connectivity index (χ4v) is 2.31. The van der Waals surface area contributed by atoms with Crippen molar-refractivity contribution in [2.24, 2.45) is 5.41 Å². The summed E-state index contributed by atoms with van der Waals surface area (Å²) in [6.07, 6.45) is 2.36. The Kier molecular flexibility index (Phi) is 4.77. The van der Waals surface area contributed by atoms with E-state index in [4.69, 9.17) is 11.6 Å². The molecule has 1 saturated heterocycles. The van der Waals surface area contributed by atoms with Crippen LogP contribution < -0.4 is 0 Å². The summed E-state index contributed by atoms with van der Waals surface area (Å²) in [5, 5.41) is -0.243. The maximum absolute atomic E-state index is 11.3. The summed E-state index contributed by atoms with van der Waals surface area (Å²) in [5.74, 6) is 0. The van der Waals surface area contributed by atoms with E-state index in [0.717, 1.165) is 19.6 Å². The Hall–Kier alpha value is -0.120. The van der Waals surface area contributed by atoms with Gasteiger partial charge in [0.25, 0.3) is 0 Å². The van der Waals surface area contributed by atoms with Crippen LogP contribution in [0.2, 0.25) is 0 Å². The number of halogens is 1. The van der Waals surface area contributed by atoms with E-state index in [0.29, 0.717) is 6.04 Å². The molecule has 16 heavy (non-hydrogen) atoms. The van der Waals surface area contributed by atoms with Crippen LogP contribution in [0.15, 0.2) is 0 Å². The van der Waals surface area contributed by atoms with Gasteiger partial charge in [-0.25, -0.2) is 0 Å². The van der Waals surface area contributed by atoms with Crippen LogP contribution in [-0.4, -0.2) is 54.8 Å². The molecule has 0 bridgehead atoms. The Morgan fingerprint density at radius 1 is 1.44 bits per heavy atom. The second-order valence-electron chi connectivity index (χ2n) is 5.61. The van der Waals surface area contributed by atoms with Gasteiger partial charge in [0, 0.05) is 12.6 Å². The van der Waals surface area contributed by atoms with E-state index in [-0.39, 0.29) is 5.24 Å². The van der Waals surface area contributed by atoms with E-state index >= 15 is 0 Å². The third-order valence-electron chi connectivity index (χ3n) is 3.49. The Morgan fingerprint density at radius 3 is 2.38 bits per heavy atom. The lowest BCUT2D eigenvalue weighted by Crippen LogP contribution is -2.46. The number of carbonyl (C=O) groups is 1. The van der Waals surface area contributed by atoms with Crippen LogP contribution in [0.25, 0.3) is 0 Å². The van der Waals surface area contributed by atoms with Gasteiger partial charge in [0.2, 0.25) is 5.24 Å². The predicted octanol–water partition coefficient (Wildman–Crippen LogP) is 1.80. The van der Waals surface area contributed by atoms with Crippen molar-refractivity contribution in [1.29, 1.82) is 0 Å². The molecule has 0 atom stereocenters. The van der Waals surface area contributed by atoms with Gasteiger partial charge in [0.05, 0.1) is 5.41 Å². The van der Waals surface area contributed by atoms with Crippen molar-refractivity contribution in [3.8, 4) is 0 Å². The molecule has 0 saturated carbocycles. The summed E-state index contributed by atoms with van der Waals surface area (Å²) >= 11 is 5.60. The second kappa shape index (κ2) is 5.48. The first-order valence-corrected chi connectivity index (χ1v) is 6.29. The van der Waals surface area contributed by atoms with E-state index in [1.165, 1.54) is 12.8 Å². The minimum absolute atomic E-state index is 0.243. The summed E-state index contributed by atoms with van der Waals surface area (Å²) in [4.78, 5) is 15.9. The van der Waals surface area contributed by atoms with Crippen LogP contribution in [0.1, 0.15) is 26.7 Å². The van der Waals surface area contributed by atoms with E-state index in [1.807, 2.05) is 13.8 Å². The Labute approximate surface area is 104 Å². The molecule has 0 aromatic carbocycles. The Balaban J connectivity index is 2.46. The molecule has 0 spiro atoms. The van der Waals surface area contributed by atoms with Crippen LogP contribution in [0.5, 0.6) is 0 Å². The van der Waals surface area contributed by atoms with Crippen molar-refractivity contribution < 1.29 is 4.79 Å². The number of carbonyl (C=O) groups excluding carboxylic acids is 1. The molecule has 0 amide bonds. The van der Waals surface area contributed by atoms with Crippen LogP contribution in [0.3, 0.4) is 0 Å². The molecule has 1 aliphatic heterocycles. The zero-order valence-electron chi connectivity index (χ0n) is 10.8. The SMILES string of the molecule is CN1CCC(N(C)CC(C)(C)C(=O)Cl)CC1. The predicted molar refractivity (Wildman–Crippen MR) is 67.8 cm³/mol. The molecular formula is C12H23ClN2O. The zero-order chi connectivity index (χ0) is 12.3. The highest BCUT2D eigenvalue weighted by atomic mass is 35.5. The first kappa shape index (κ1) is 13.9. The standard InChI is InChI=1S/C12H23ClN2O/c1-12(2,11(13)16)9-15(4)10-5-7-14(3)8-6-10/h10H,5-9H2,1-4H3. The van der Waals surface area contributed by atoms with Crippen LogP contribution in [0.4, 0.5) is 0 Å². The number of hydrogen-bond acceptors (Lipinski definition) is 3. The van der Waals surface area contributed by atoms with Crippen molar-refractivity contribution in [3.05, 3.63) is 0 Å². The summed E-state index contributed by atoms with van der Waals surface area (Å²) < 4.78 is 0. The molecule has 1 rings (SSSR count). The molecule has 3 nitrogen and oxygen atoms in total. The van der Waals surface area contributed by atoms with Crippen molar-refractivity contribution >= 4 is 16.8 Å². The average molecular weight is 247 g/mol. The molecule has 1 heterocycles. The minimum Gasteiger partial charge on any atom is -0.306 e. The molecule has 94 valence electrons. The Morgan fingerprint density at radius 2 is 1.94 bits per heavy atom. The van der Waals surface area contributed by atoms with Crippen molar-refractivity contribution in [2.45, 2.75) is 32.7 Å². The Bertz CT molecular complexity index is 247. The molecule has 1 fully saturated rings. The van der Waals surface area contributed by atoms with Gasteiger partial charge in [-0.15, -0.1) is 0 Å². The lowest BCUT2D eigenvalue weighted by atomic mass is 9.93. The minimum atomic E-state index is -0.445. The van der Waals surface area contributed by atoms with E-state index in [1.54, 1.807) is 0 Å². The molecule has 4 heteroatoms. The van der Waals surface area contributed by atoms with Gasteiger partial charge >= 0.3 is 0 Å². The number of hydrogen-bond donors (Lipinski definition) is 0. The molecule has 1 aliphatic rings. The highest BCUT2D eigenvalue weighted by molar-refractivity contribution is 6.64. The van der Waals surface area contributed by atoms with Gasteiger partial charge in [-0.1, -0.05) is 13.8 Å². The van der Waals surface area contributed by atoms with Crippen LogP contribution in [0, 0.1) is 5.41 Å². The number of piperidine rings is 1. The maximum atomic E-state index is 11.3. The molecule has 0 aromatic rings. The number of nitrogens with zero attached hydrogens (tertiary/aromatic N) is 2. The zero-order valence-corrected chi connectivity index (χ0v) is 11.5. The summed E-state index contributed by atoms with van der Waals surface area (Å²) in [5.41, 5.74) is -0.445. The van der Waals surface area contributed by atoms with Gasteiger partial charge < -0.3 is 9.80 Å². The topological polar surface area (TPSA) is 23.6 Å². The maximum Gasteiger partial charge on any atom is 0.228 e. The lowest BCUT2D eigenvalue weighted by Gasteiger charge is -2.38. The fraction of sp³-hybridized carbons (Fsp3) is 0.917. The third-order valence-corrected chi connectivity index (χ3v) is 4.00. The van der Waals surface area contributed by atoms with Gasteiger partial charge in [0.1, 0.15) is 0 Å². The quantitative estimate of drug-likeness (QED) is 0.707. The second-order valence-corrected chi connectivity index (χ2v) is 5.95. The molecule has 0 aromatic heterocycles. The molecule has 0 aliphatic carbocycles. The van der Waals surface area contributed by atoms with Gasteiger partial charge in [-0.3, -0.25) is 4.79 Å². The fourth-order valence-electron chi connectivity index (χ4n) is 2.25. The summed E-state index contributed by atoms with van der Waals surface area (Å²) in [7, 11) is 4.25. The largest absolute Gasteiger partial charge is 0.306 e. The number of likely N-dealkylation sites (tertiary alicyclic amines) is 1. The molecular weight excluding hydrogens is 224 g/mol. The molecule has 0 unspecified atom stereocenters. The molecule has 0 radical (unpaired) electrons. The normalized spacial score (nSPS) is 20.4. The lowest BCUT2D eigenvalue weighted by molar-refractivity contribution is -0.120. The number of rotatable bonds is 4. The van der Waals surface area contributed by atoms with Crippen molar-refractivity contribution in [3.63, 3.8) is 0 Å². The van der Waals surface area contributed by atoms with Crippen LogP contribution >= 0.6 is 11.6 Å². The third kappa shape index (κ3) is 3.72. The first-order valence-electron chi connectivity index (χ1n) is 5.91. The summed E-state index contributed by atoms with van der Waals surface area (Å²) in [6, 6.07) is 0.589. The van der Waals surface area contributed by atoms with Crippen molar-refractivity contribution in [2.75, 3.05) is 33.7 Å². The summed E-state index contributed by atoms with van der Waals surface area (Å²) in [6.45, 7) is 6.85. The van der Waals surface area contributed by atoms with Crippen LogP contribution in [-0.2, 0) is 4.79 Å².